The van der Waals surface area contributed by atoms with Gasteiger partial charge in [0, 0.05) is 18.7 Å². The van der Waals surface area contributed by atoms with Gasteiger partial charge in [-0.15, -0.1) is 10.2 Å². The van der Waals surface area contributed by atoms with Crippen LogP contribution in [0.3, 0.4) is 0 Å². The van der Waals surface area contributed by atoms with Gasteiger partial charge in [-0.25, -0.2) is 0 Å². The van der Waals surface area contributed by atoms with Crippen LogP contribution in [0, 0.1) is 11.3 Å². The molecule has 1 aromatic heterocycles. The van der Waals surface area contributed by atoms with E-state index in [0.717, 1.165) is 35.3 Å². The fourth-order valence-corrected chi connectivity index (χ4v) is 2.52. The number of aromatic amines is 1. The molecule has 6 nitrogen and oxygen atoms in total. The van der Waals surface area contributed by atoms with Gasteiger partial charge in [-0.05, 0) is 35.5 Å². The number of aromatic nitrogens is 4. The molecule has 1 N–H and O–H groups in total. The predicted molar refractivity (Wildman–Crippen MR) is 85.9 cm³/mol. The zero-order valence-electron chi connectivity index (χ0n) is 12.8. The number of nitrogens with one attached hydrogen (secondary N) is 1. The molecule has 0 aliphatic heterocycles. The summed E-state index contributed by atoms with van der Waals surface area (Å²) in [5, 5.41) is 23.2. The second-order valence-electron chi connectivity index (χ2n) is 5.38. The standard InChI is InChI=1S/C17H16N6/c1-23(12-16-7-3-2-6-15(16)10-18)11-13-5-4-8-14(9-13)17-19-21-22-20-17/h2-9H,11-12H2,1H3,(H,19,20,21,22). The van der Waals surface area contributed by atoms with E-state index in [2.05, 4.69) is 43.7 Å². The Kier molecular flexibility index (Phi) is 4.41. The van der Waals surface area contributed by atoms with Gasteiger partial charge in [0.15, 0.2) is 0 Å². The second-order valence-corrected chi connectivity index (χ2v) is 5.38. The summed E-state index contributed by atoms with van der Waals surface area (Å²) >= 11 is 0. The highest BCUT2D eigenvalue weighted by atomic mass is 15.5. The van der Waals surface area contributed by atoms with Gasteiger partial charge in [-0.1, -0.05) is 36.4 Å². The van der Waals surface area contributed by atoms with Crippen LogP contribution in [0.5, 0.6) is 0 Å². The van der Waals surface area contributed by atoms with Gasteiger partial charge in [-0.2, -0.15) is 10.5 Å². The zero-order valence-corrected chi connectivity index (χ0v) is 12.8. The molecule has 0 fully saturated rings. The third-order valence-corrected chi connectivity index (χ3v) is 3.56. The third kappa shape index (κ3) is 3.59. The Bertz CT molecular complexity index is 819. The van der Waals surface area contributed by atoms with E-state index < -0.39 is 0 Å². The Morgan fingerprint density at radius 3 is 2.78 bits per heavy atom. The van der Waals surface area contributed by atoms with Crippen LogP contribution in [0.4, 0.5) is 0 Å². The summed E-state index contributed by atoms with van der Waals surface area (Å²) in [5.41, 5.74) is 3.85. The molecule has 0 amide bonds. The van der Waals surface area contributed by atoms with Gasteiger partial charge in [0.2, 0.25) is 5.82 Å². The third-order valence-electron chi connectivity index (χ3n) is 3.56. The molecule has 2 aromatic carbocycles. The number of nitriles is 1. The first-order valence-corrected chi connectivity index (χ1v) is 7.25. The molecule has 0 aliphatic carbocycles. The zero-order chi connectivity index (χ0) is 16.1. The van der Waals surface area contributed by atoms with E-state index in [1.165, 1.54) is 0 Å². The molecule has 0 aliphatic rings. The highest BCUT2D eigenvalue weighted by Gasteiger charge is 2.08. The van der Waals surface area contributed by atoms with E-state index in [9.17, 15) is 5.26 Å². The Hall–Kier alpha value is -3.04. The van der Waals surface area contributed by atoms with Crippen molar-refractivity contribution in [3.8, 4) is 17.5 Å². The largest absolute Gasteiger partial charge is 0.298 e. The lowest BCUT2D eigenvalue weighted by molar-refractivity contribution is 0.319. The highest BCUT2D eigenvalue weighted by Crippen LogP contribution is 2.17. The van der Waals surface area contributed by atoms with Crippen molar-refractivity contribution in [2.24, 2.45) is 0 Å². The number of H-pyrrole nitrogens is 1. The molecule has 23 heavy (non-hydrogen) atoms. The normalized spacial score (nSPS) is 10.7. The van der Waals surface area contributed by atoms with E-state index in [1.807, 2.05) is 43.4 Å². The lowest BCUT2D eigenvalue weighted by Gasteiger charge is -2.17. The summed E-state index contributed by atoms with van der Waals surface area (Å²) in [6.07, 6.45) is 0. The molecule has 1 heterocycles. The van der Waals surface area contributed by atoms with Crippen molar-refractivity contribution < 1.29 is 0 Å². The number of hydrogen-bond acceptors (Lipinski definition) is 5. The lowest BCUT2D eigenvalue weighted by Crippen LogP contribution is -2.17. The van der Waals surface area contributed by atoms with Gasteiger partial charge >= 0.3 is 0 Å². The highest BCUT2D eigenvalue weighted by molar-refractivity contribution is 5.54. The summed E-state index contributed by atoms with van der Waals surface area (Å²) in [6.45, 7) is 1.49. The van der Waals surface area contributed by atoms with E-state index in [0.29, 0.717) is 5.82 Å². The topological polar surface area (TPSA) is 81.5 Å². The molecule has 0 spiro atoms. The second kappa shape index (κ2) is 6.81. The minimum absolute atomic E-state index is 0.587. The summed E-state index contributed by atoms with van der Waals surface area (Å²) in [6, 6.07) is 18.0. The fourth-order valence-electron chi connectivity index (χ4n) is 2.52. The summed E-state index contributed by atoms with van der Waals surface area (Å²) in [7, 11) is 2.04. The Morgan fingerprint density at radius 2 is 2.00 bits per heavy atom. The van der Waals surface area contributed by atoms with Gasteiger partial charge in [0.05, 0.1) is 11.6 Å². The monoisotopic (exact) mass is 304 g/mol. The van der Waals surface area contributed by atoms with Crippen molar-refractivity contribution in [3.05, 3.63) is 65.2 Å². The molecule has 0 bridgehead atoms. The van der Waals surface area contributed by atoms with E-state index in [4.69, 9.17) is 0 Å². The quantitative estimate of drug-likeness (QED) is 0.782. The Labute approximate surface area is 134 Å². The van der Waals surface area contributed by atoms with Crippen LogP contribution >= 0.6 is 0 Å². The first kappa shape index (κ1) is 14.9. The van der Waals surface area contributed by atoms with Crippen molar-refractivity contribution in [2.45, 2.75) is 13.1 Å². The number of benzene rings is 2. The summed E-state index contributed by atoms with van der Waals surface area (Å²) < 4.78 is 0. The van der Waals surface area contributed by atoms with Crippen molar-refractivity contribution in [1.29, 1.82) is 5.26 Å². The molecule has 6 heteroatoms. The van der Waals surface area contributed by atoms with Crippen LogP contribution in [0.15, 0.2) is 48.5 Å². The average molecular weight is 304 g/mol. The first-order chi connectivity index (χ1) is 11.3. The Morgan fingerprint density at radius 1 is 1.13 bits per heavy atom. The lowest BCUT2D eigenvalue weighted by atomic mass is 10.1. The van der Waals surface area contributed by atoms with Crippen LogP contribution < -0.4 is 0 Å². The van der Waals surface area contributed by atoms with Crippen molar-refractivity contribution >= 4 is 0 Å². The molecular weight excluding hydrogens is 288 g/mol. The number of hydrogen-bond donors (Lipinski definition) is 1. The summed E-state index contributed by atoms with van der Waals surface area (Å²) in [4.78, 5) is 2.17. The van der Waals surface area contributed by atoms with Crippen molar-refractivity contribution in [1.82, 2.24) is 25.5 Å². The van der Waals surface area contributed by atoms with E-state index >= 15 is 0 Å². The number of rotatable bonds is 5. The van der Waals surface area contributed by atoms with Gasteiger partial charge in [-0.3, -0.25) is 4.90 Å². The average Bonchev–Trinajstić information content (AvgIpc) is 3.10. The minimum atomic E-state index is 0.587. The maximum atomic E-state index is 9.17. The van der Waals surface area contributed by atoms with Gasteiger partial charge in [0.1, 0.15) is 0 Å². The van der Waals surface area contributed by atoms with Crippen molar-refractivity contribution in [3.63, 3.8) is 0 Å². The molecule has 114 valence electrons. The Balaban J connectivity index is 1.72. The minimum Gasteiger partial charge on any atom is -0.298 e. The predicted octanol–water partition coefficient (Wildman–Crippen LogP) is 2.37. The molecule has 0 unspecified atom stereocenters. The van der Waals surface area contributed by atoms with Gasteiger partial charge < -0.3 is 0 Å². The molecule has 3 aromatic rings. The molecule has 3 rings (SSSR count). The maximum absolute atomic E-state index is 9.17. The molecule has 0 saturated heterocycles. The maximum Gasteiger partial charge on any atom is 0.204 e. The van der Waals surface area contributed by atoms with Crippen LogP contribution in [0.25, 0.3) is 11.4 Å². The number of tetrazole rings is 1. The molecule has 0 radical (unpaired) electrons. The molecule has 0 saturated carbocycles. The van der Waals surface area contributed by atoms with Crippen LogP contribution in [-0.4, -0.2) is 32.6 Å². The fraction of sp³-hybridized carbons (Fsp3) is 0.176. The van der Waals surface area contributed by atoms with Crippen LogP contribution in [0.2, 0.25) is 0 Å². The first-order valence-electron chi connectivity index (χ1n) is 7.25. The summed E-state index contributed by atoms with van der Waals surface area (Å²) in [5.74, 6) is 0.587. The number of nitrogens with zero attached hydrogens (tertiary/aromatic N) is 5. The van der Waals surface area contributed by atoms with Crippen molar-refractivity contribution in [2.75, 3.05) is 7.05 Å². The molecular formula is C17H16N6. The SMILES string of the molecule is CN(Cc1cccc(-c2nn[nH]n2)c1)Cc1ccccc1C#N. The van der Waals surface area contributed by atoms with E-state index in [-0.39, 0.29) is 0 Å². The molecule has 0 atom stereocenters. The van der Waals surface area contributed by atoms with Gasteiger partial charge in [0.25, 0.3) is 0 Å². The van der Waals surface area contributed by atoms with Crippen LogP contribution in [-0.2, 0) is 13.1 Å². The smallest absolute Gasteiger partial charge is 0.204 e. The van der Waals surface area contributed by atoms with E-state index in [1.54, 1.807) is 0 Å². The van der Waals surface area contributed by atoms with Crippen LogP contribution in [0.1, 0.15) is 16.7 Å².